The van der Waals surface area contributed by atoms with E-state index in [1.54, 1.807) is 12.3 Å². The number of aromatic nitrogens is 2. The van der Waals surface area contributed by atoms with Gasteiger partial charge in [0, 0.05) is 41.8 Å². The van der Waals surface area contributed by atoms with Crippen LogP contribution in [0.3, 0.4) is 0 Å². The van der Waals surface area contributed by atoms with Gasteiger partial charge >= 0.3 is 5.97 Å². The molecule has 3 aromatic rings. The summed E-state index contributed by atoms with van der Waals surface area (Å²) in [5.41, 5.74) is 3.79. The standard InChI is InChI=1S/C26H27ClFN3O3/c27-19-10-17(11-20(28)13-19)14-31-23-15-30(9-7-21(23)22-2-1-8-29-25(22)31)24(32)12-16-3-5-18(6-4-16)26(33)34/h1-2,8,10-11,13,16,18H,3-7,9,12,14-15H2,(H,33,34)/t16-,18-. The number of carbonyl (C=O) groups excluding carboxylic acids is 1. The minimum Gasteiger partial charge on any atom is -0.481 e. The van der Waals surface area contributed by atoms with Gasteiger partial charge in [-0.25, -0.2) is 9.37 Å². The van der Waals surface area contributed by atoms with Crippen LogP contribution in [0.4, 0.5) is 4.39 Å². The Morgan fingerprint density at radius 3 is 2.71 bits per heavy atom. The molecule has 1 aromatic carbocycles. The van der Waals surface area contributed by atoms with Crippen molar-refractivity contribution in [3.05, 3.63) is 64.2 Å². The normalized spacial score (nSPS) is 20.4. The SMILES string of the molecule is O=C(C[C@H]1CC[C@H](C(=O)O)CC1)N1CCc2c(n(Cc3cc(F)cc(Cl)c3)c3ncccc23)C1. The molecule has 0 saturated heterocycles. The molecule has 0 bridgehead atoms. The number of hydrogen-bond acceptors (Lipinski definition) is 3. The average Bonchev–Trinajstić information content (AvgIpc) is 3.12. The van der Waals surface area contributed by atoms with Crippen molar-refractivity contribution in [3.63, 3.8) is 0 Å². The van der Waals surface area contributed by atoms with Crippen molar-refractivity contribution in [2.45, 2.75) is 51.6 Å². The second-order valence-electron chi connectivity index (χ2n) is 9.49. The number of fused-ring (bicyclic) bond motifs is 3. The predicted molar refractivity (Wildman–Crippen MR) is 127 cm³/mol. The Labute approximate surface area is 202 Å². The highest BCUT2D eigenvalue weighted by Gasteiger charge is 2.31. The number of hydrogen-bond donors (Lipinski definition) is 1. The van der Waals surface area contributed by atoms with Crippen molar-refractivity contribution in [1.29, 1.82) is 0 Å². The number of benzene rings is 1. The monoisotopic (exact) mass is 483 g/mol. The van der Waals surface area contributed by atoms with Crippen LogP contribution in [-0.4, -0.2) is 38.0 Å². The van der Waals surface area contributed by atoms with Crippen LogP contribution in [0.2, 0.25) is 5.02 Å². The molecule has 1 amide bonds. The van der Waals surface area contributed by atoms with Gasteiger partial charge in [-0.2, -0.15) is 0 Å². The maximum absolute atomic E-state index is 14.0. The Hall–Kier alpha value is -2.93. The van der Waals surface area contributed by atoms with E-state index in [1.165, 1.54) is 17.7 Å². The minimum atomic E-state index is -0.727. The van der Waals surface area contributed by atoms with Crippen molar-refractivity contribution in [2.75, 3.05) is 6.54 Å². The first kappa shape index (κ1) is 22.8. The highest BCUT2D eigenvalue weighted by atomic mass is 35.5. The Morgan fingerprint density at radius 1 is 1.18 bits per heavy atom. The number of rotatable bonds is 5. The van der Waals surface area contributed by atoms with E-state index in [1.807, 2.05) is 11.0 Å². The topological polar surface area (TPSA) is 75.4 Å². The van der Waals surface area contributed by atoms with E-state index in [-0.39, 0.29) is 23.6 Å². The summed E-state index contributed by atoms with van der Waals surface area (Å²) < 4.78 is 16.1. The molecule has 5 rings (SSSR count). The van der Waals surface area contributed by atoms with Crippen LogP contribution in [0.1, 0.15) is 48.9 Å². The predicted octanol–water partition coefficient (Wildman–Crippen LogP) is 5.04. The Morgan fingerprint density at radius 2 is 1.97 bits per heavy atom. The number of pyridine rings is 1. The van der Waals surface area contributed by atoms with Crippen LogP contribution in [0, 0.1) is 17.7 Å². The average molecular weight is 484 g/mol. The van der Waals surface area contributed by atoms with E-state index in [0.29, 0.717) is 43.9 Å². The molecule has 2 aromatic heterocycles. The molecular weight excluding hydrogens is 457 g/mol. The third kappa shape index (κ3) is 4.53. The van der Waals surface area contributed by atoms with Gasteiger partial charge in [-0.15, -0.1) is 0 Å². The maximum Gasteiger partial charge on any atom is 0.306 e. The summed E-state index contributed by atoms with van der Waals surface area (Å²) in [5, 5.41) is 10.6. The number of carboxylic acids is 1. The quantitative estimate of drug-likeness (QED) is 0.551. The fraction of sp³-hybridized carbons (Fsp3) is 0.423. The van der Waals surface area contributed by atoms with Crippen molar-refractivity contribution in [3.8, 4) is 0 Å². The van der Waals surface area contributed by atoms with Crippen LogP contribution in [0.15, 0.2) is 36.5 Å². The lowest BCUT2D eigenvalue weighted by Crippen LogP contribution is -2.38. The van der Waals surface area contributed by atoms with Gasteiger partial charge in [0.25, 0.3) is 0 Å². The largest absolute Gasteiger partial charge is 0.481 e. The van der Waals surface area contributed by atoms with Gasteiger partial charge in [0.2, 0.25) is 5.91 Å². The molecule has 3 heterocycles. The zero-order valence-electron chi connectivity index (χ0n) is 18.8. The van der Waals surface area contributed by atoms with Crippen molar-refractivity contribution in [2.24, 2.45) is 11.8 Å². The third-order valence-electron chi connectivity index (χ3n) is 7.29. The molecular formula is C26H27ClFN3O3. The molecule has 0 atom stereocenters. The second-order valence-corrected chi connectivity index (χ2v) is 9.93. The summed E-state index contributed by atoms with van der Waals surface area (Å²) in [4.78, 5) is 30.9. The zero-order valence-corrected chi connectivity index (χ0v) is 19.6. The maximum atomic E-state index is 14.0. The molecule has 1 saturated carbocycles. The smallest absolute Gasteiger partial charge is 0.306 e. The fourth-order valence-electron chi connectivity index (χ4n) is 5.52. The summed E-state index contributed by atoms with van der Waals surface area (Å²) in [6.45, 7) is 1.55. The number of carboxylic acid groups (broad SMARTS) is 1. The molecule has 0 spiro atoms. The van der Waals surface area contributed by atoms with E-state index >= 15 is 0 Å². The van der Waals surface area contributed by atoms with Crippen molar-refractivity contribution in [1.82, 2.24) is 14.5 Å². The summed E-state index contributed by atoms with van der Waals surface area (Å²) in [6.07, 6.45) is 5.81. The van der Waals surface area contributed by atoms with Crippen molar-refractivity contribution < 1.29 is 19.1 Å². The molecule has 1 aliphatic carbocycles. The minimum absolute atomic E-state index is 0.114. The summed E-state index contributed by atoms with van der Waals surface area (Å²) in [7, 11) is 0. The van der Waals surface area contributed by atoms with E-state index in [4.69, 9.17) is 11.6 Å². The van der Waals surface area contributed by atoms with Gasteiger partial charge in [0.15, 0.2) is 0 Å². The van der Waals surface area contributed by atoms with Crippen molar-refractivity contribution >= 4 is 34.5 Å². The fourth-order valence-corrected chi connectivity index (χ4v) is 5.76. The van der Waals surface area contributed by atoms with Gasteiger partial charge in [-0.1, -0.05) is 11.6 Å². The molecule has 8 heteroatoms. The third-order valence-corrected chi connectivity index (χ3v) is 7.51. The molecule has 0 unspecified atom stereocenters. The lowest BCUT2D eigenvalue weighted by molar-refractivity contribution is -0.143. The molecule has 2 aliphatic rings. The summed E-state index contributed by atoms with van der Waals surface area (Å²) in [6, 6.07) is 8.49. The highest BCUT2D eigenvalue weighted by Crippen LogP contribution is 2.34. The van der Waals surface area contributed by atoms with Gasteiger partial charge in [0.05, 0.1) is 12.5 Å². The van der Waals surface area contributed by atoms with Crippen LogP contribution >= 0.6 is 11.6 Å². The molecule has 6 nitrogen and oxygen atoms in total. The van der Waals surface area contributed by atoms with E-state index in [0.717, 1.165) is 41.6 Å². The lowest BCUT2D eigenvalue weighted by Gasteiger charge is -2.31. The van der Waals surface area contributed by atoms with E-state index in [2.05, 4.69) is 15.6 Å². The van der Waals surface area contributed by atoms with Crippen LogP contribution in [0.5, 0.6) is 0 Å². The second kappa shape index (κ2) is 9.37. The molecule has 1 fully saturated rings. The van der Waals surface area contributed by atoms with E-state index < -0.39 is 5.97 Å². The lowest BCUT2D eigenvalue weighted by atomic mass is 9.80. The zero-order chi connectivity index (χ0) is 23.8. The van der Waals surface area contributed by atoms with Crippen LogP contribution in [0.25, 0.3) is 11.0 Å². The number of aliphatic carboxylic acids is 1. The number of amides is 1. The number of halogens is 2. The summed E-state index contributed by atoms with van der Waals surface area (Å²) >= 11 is 6.09. The number of nitrogens with zero attached hydrogens (tertiary/aromatic N) is 3. The van der Waals surface area contributed by atoms with Crippen LogP contribution < -0.4 is 0 Å². The molecule has 1 N–H and O–H groups in total. The molecule has 34 heavy (non-hydrogen) atoms. The van der Waals surface area contributed by atoms with Gasteiger partial charge in [-0.05, 0) is 79.5 Å². The summed E-state index contributed by atoms with van der Waals surface area (Å²) in [5.74, 6) is -1.03. The van der Waals surface area contributed by atoms with E-state index in [9.17, 15) is 19.1 Å². The van der Waals surface area contributed by atoms with Gasteiger partial charge in [0.1, 0.15) is 11.5 Å². The van der Waals surface area contributed by atoms with Gasteiger partial charge < -0.3 is 14.6 Å². The first-order valence-corrected chi connectivity index (χ1v) is 12.2. The highest BCUT2D eigenvalue weighted by molar-refractivity contribution is 6.30. The Bertz CT molecular complexity index is 1230. The van der Waals surface area contributed by atoms with Crippen LogP contribution in [-0.2, 0) is 29.1 Å². The first-order valence-electron chi connectivity index (χ1n) is 11.8. The molecule has 1 aliphatic heterocycles. The Balaban J connectivity index is 1.37. The Kier molecular flexibility index (Phi) is 6.30. The molecule has 178 valence electrons. The number of carbonyl (C=O) groups is 2. The first-order chi connectivity index (χ1) is 16.4. The molecule has 0 radical (unpaired) electrons. The van der Waals surface area contributed by atoms with Gasteiger partial charge in [-0.3, -0.25) is 9.59 Å².